The van der Waals surface area contributed by atoms with Crippen molar-refractivity contribution in [2.75, 3.05) is 14.1 Å². The molecule has 0 aromatic heterocycles. The first-order valence-corrected chi connectivity index (χ1v) is 8.45. The van der Waals surface area contributed by atoms with Gasteiger partial charge < -0.3 is 4.90 Å². The van der Waals surface area contributed by atoms with Crippen molar-refractivity contribution >= 4 is 8.07 Å². The molecule has 2 heteroatoms. The van der Waals surface area contributed by atoms with Gasteiger partial charge in [0.25, 0.3) is 0 Å². The average Bonchev–Trinajstić information content (AvgIpc) is 2.17. The molecule has 0 fully saturated rings. The number of hydrogen-bond acceptors (Lipinski definition) is 1. The molecule has 0 saturated heterocycles. The minimum absolute atomic E-state index is 0.800. The van der Waals surface area contributed by atoms with Crippen LogP contribution in [0.4, 0.5) is 0 Å². The summed E-state index contributed by atoms with van der Waals surface area (Å²) in [5.74, 6) is 0. The largest absolute Gasteiger partial charge is 0.309 e. The molecule has 0 saturated carbocycles. The predicted molar refractivity (Wildman–Crippen MR) is 69.3 cm³/mol. The van der Waals surface area contributed by atoms with Crippen molar-refractivity contribution in [3.63, 3.8) is 0 Å². The Morgan fingerprint density at radius 1 is 1.14 bits per heavy atom. The van der Waals surface area contributed by atoms with Crippen LogP contribution in [0.25, 0.3) is 0 Å². The lowest BCUT2D eigenvalue weighted by Gasteiger charge is -2.39. The molecule has 1 atom stereocenters. The molecule has 0 aliphatic heterocycles. The Kier molecular flexibility index (Phi) is 6.37. The van der Waals surface area contributed by atoms with E-state index in [-0.39, 0.29) is 0 Å². The van der Waals surface area contributed by atoms with Gasteiger partial charge in [-0.05, 0) is 27.4 Å². The second-order valence-electron chi connectivity index (χ2n) is 4.33. The first-order chi connectivity index (χ1) is 6.57. The molecule has 0 N–H and O–H groups in total. The molecule has 0 bridgehead atoms. The summed E-state index contributed by atoms with van der Waals surface area (Å²) in [5.41, 5.74) is 3.34. The fourth-order valence-electron chi connectivity index (χ4n) is 2.69. The Morgan fingerprint density at radius 2 is 1.64 bits per heavy atom. The molecule has 0 aliphatic rings. The van der Waals surface area contributed by atoms with Gasteiger partial charge in [-0.1, -0.05) is 44.6 Å². The number of allylic oxidation sites excluding steroid dienone is 1. The number of nitrogens with zero attached hydrogens (tertiary/aromatic N) is 1. The third-order valence-corrected chi connectivity index (χ3v) is 9.37. The molecule has 0 aromatic carbocycles. The molecule has 1 unspecified atom stereocenters. The third-order valence-electron chi connectivity index (χ3n) is 3.49. The number of hydrogen-bond donors (Lipinski definition) is 0. The smallest absolute Gasteiger partial charge is 0.0951 e. The average molecular weight is 213 g/mol. The van der Waals surface area contributed by atoms with E-state index in [2.05, 4.69) is 58.5 Å². The summed E-state index contributed by atoms with van der Waals surface area (Å²) in [5, 5.41) is 0. The zero-order valence-electron chi connectivity index (χ0n) is 10.8. The fourth-order valence-corrected chi connectivity index (χ4v) is 7.33. The van der Waals surface area contributed by atoms with Crippen LogP contribution < -0.4 is 0 Å². The van der Waals surface area contributed by atoms with Crippen LogP contribution in [-0.4, -0.2) is 32.7 Å². The van der Waals surface area contributed by atoms with Gasteiger partial charge in [0.1, 0.15) is 0 Å². The van der Waals surface area contributed by atoms with Gasteiger partial charge in [0.15, 0.2) is 0 Å². The van der Waals surface area contributed by atoms with Crippen LogP contribution in [0, 0.1) is 0 Å². The Labute approximate surface area is 91.2 Å². The molecular formula is C12H27NSi. The van der Waals surface area contributed by atoms with E-state index in [0.29, 0.717) is 0 Å². The van der Waals surface area contributed by atoms with E-state index in [4.69, 9.17) is 0 Å². The summed E-state index contributed by atoms with van der Waals surface area (Å²) in [6.45, 7) is 9.21. The van der Waals surface area contributed by atoms with E-state index in [9.17, 15) is 0 Å². The molecular weight excluding hydrogens is 186 g/mol. The minimum atomic E-state index is -1.19. The quantitative estimate of drug-likeness (QED) is 0.611. The highest BCUT2D eigenvalue weighted by atomic mass is 28.3. The maximum atomic E-state index is 2.54. The van der Waals surface area contributed by atoms with E-state index in [1.54, 1.807) is 0 Å². The summed E-state index contributed by atoms with van der Waals surface area (Å²) in [6, 6.07) is 2.73. The van der Waals surface area contributed by atoms with Crippen LogP contribution in [0.15, 0.2) is 11.8 Å². The molecule has 0 radical (unpaired) electrons. The fraction of sp³-hybridized carbons (Fsp3) is 0.833. The summed E-state index contributed by atoms with van der Waals surface area (Å²) in [4.78, 5) is 2.43. The van der Waals surface area contributed by atoms with E-state index >= 15 is 0 Å². The first-order valence-electron chi connectivity index (χ1n) is 5.88. The minimum Gasteiger partial charge on any atom is -0.309 e. The van der Waals surface area contributed by atoms with Crippen LogP contribution in [0.3, 0.4) is 0 Å². The topological polar surface area (TPSA) is 3.24 Å². The van der Waals surface area contributed by atoms with Crippen molar-refractivity contribution in [3.05, 3.63) is 11.8 Å². The van der Waals surface area contributed by atoms with E-state index in [0.717, 1.165) is 5.67 Å². The standard InChI is InChI=1S/C12H27NSi/c1-7-11-14(9-3,10-4)12(8-2)13(5)6/h7,11-12H,8-10H2,1-6H3. The lowest BCUT2D eigenvalue weighted by Crippen LogP contribution is -2.52. The summed E-state index contributed by atoms with van der Waals surface area (Å²) in [6.07, 6.45) is 3.55. The monoisotopic (exact) mass is 213 g/mol. The van der Waals surface area contributed by atoms with Crippen molar-refractivity contribution in [2.24, 2.45) is 0 Å². The van der Waals surface area contributed by atoms with Gasteiger partial charge in [-0.15, -0.1) is 0 Å². The highest BCUT2D eigenvalue weighted by Gasteiger charge is 2.35. The van der Waals surface area contributed by atoms with E-state index < -0.39 is 8.07 Å². The van der Waals surface area contributed by atoms with Gasteiger partial charge in [-0.3, -0.25) is 0 Å². The van der Waals surface area contributed by atoms with Crippen LogP contribution in [0.5, 0.6) is 0 Å². The van der Waals surface area contributed by atoms with Gasteiger partial charge in [0.2, 0.25) is 0 Å². The predicted octanol–water partition coefficient (Wildman–Crippen LogP) is 3.47. The molecule has 14 heavy (non-hydrogen) atoms. The SMILES string of the molecule is CC=C[Si](CC)(CC)C(CC)N(C)C. The Morgan fingerprint density at radius 3 is 1.86 bits per heavy atom. The highest BCUT2D eigenvalue weighted by Crippen LogP contribution is 2.26. The second kappa shape index (κ2) is 6.41. The Hall–Kier alpha value is -0.0831. The van der Waals surface area contributed by atoms with E-state index in [1.807, 2.05) is 0 Å². The van der Waals surface area contributed by atoms with Crippen LogP contribution in [0.1, 0.15) is 34.1 Å². The molecule has 1 nitrogen and oxygen atoms in total. The summed E-state index contributed by atoms with van der Waals surface area (Å²) in [7, 11) is 3.26. The normalized spacial score (nSPS) is 15.4. The van der Waals surface area contributed by atoms with Gasteiger partial charge in [-0.25, -0.2) is 0 Å². The lowest BCUT2D eigenvalue weighted by atomic mass is 10.4. The van der Waals surface area contributed by atoms with Gasteiger partial charge in [0, 0.05) is 5.67 Å². The van der Waals surface area contributed by atoms with Crippen LogP contribution in [-0.2, 0) is 0 Å². The van der Waals surface area contributed by atoms with E-state index in [1.165, 1.54) is 18.5 Å². The molecule has 0 aromatic rings. The van der Waals surface area contributed by atoms with Gasteiger partial charge in [-0.2, -0.15) is 0 Å². The van der Waals surface area contributed by atoms with Gasteiger partial charge >= 0.3 is 0 Å². The Balaban J connectivity index is 4.92. The molecule has 0 rings (SSSR count). The molecule has 0 amide bonds. The lowest BCUT2D eigenvalue weighted by molar-refractivity contribution is 0.354. The zero-order valence-corrected chi connectivity index (χ0v) is 11.8. The maximum absolute atomic E-state index is 2.54. The van der Waals surface area contributed by atoms with Crippen molar-refractivity contribution in [3.8, 4) is 0 Å². The molecule has 84 valence electrons. The van der Waals surface area contributed by atoms with Gasteiger partial charge in [0.05, 0.1) is 8.07 Å². The van der Waals surface area contributed by atoms with Crippen molar-refractivity contribution < 1.29 is 0 Å². The maximum Gasteiger partial charge on any atom is 0.0951 e. The van der Waals surface area contributed by atoms with Crippen LogP contribution in [0.2, 0.25) is 12.1 Å². The van der Waals surface area contributed by atoms with Crippen molar-refractivity contribution in [2.45, 2.75) is 51.9 Å². The first kappa shape index (κ1) is 13.9. The molecule has 0 aliphatic carbocycles. The summed E-state index contributed by atoms with van der Waals surface area (Å²) < 4.78 is 0. The van der Waals surface area contributed by atoms with Crippen molar-refractivity contribution in [1.82, 2.24) is 4.90 Å². The Bertz CT molecular complexity index is 171. The molecule has 0 heterocycles. The number of rotatable bonds is 6. The van der Waals surface area contributed by atoms with Crippen molar-refractivity contribution in [1.29, 1.82) is 0 Å². The third kappa shape index (κ3) is 2.96. The highest BCUT2D eigenvalue weighted by molar-refractivity contribution is 6.85. The zero-order chi connectivity index (χ0) is 11.2. The summed E-state index contributed by atoms with van der Waals surface area (Å²) >= 11 is 0. The van der Waals surface area contributed by atoms with Crippen LogP contribution >= 0.6 is 0 Å². The molecule has 0 spiro atoms. The second-order valence-corrected chi connectivity index (χ2v) is 9.21.